The molecule has 1 nitrogen and oxygen atoms in total. The fourth-order valence-corrected chi connectivity index (χ4v) is 2.14. The van der Waals surface area contributed by atoms with Gasteiger partial charge in [-0.1, -0.05) is 53.2 Å². The smallest absolute Gasteiger partial charge is 0.119 e. The van der Waals surface area contributed by atoms with Crippen LogP contribution in [0.3, 0.4) is 0 Å². The maximum atomic E-state index is 9.84. The van der Waals surface area contributed by atoms with Crippen LogP contribution in [0, 0.1) is 0 Å². The van der Waals surface area contributed by atoms with Crippen LogP contribution < -0.4 is 0 Å². The van der Waals surface area contributed by atoms with Crippen molar-refractivity contribution in [2.45, 2.75) is 18.2 Å². The van der Waals surface area contributed by atoms with Crippen LogP contribution >= 0.6 is 15.9 Å². The van der Waals surface area contributed by atoms with E-state index in [4.69, 9.17) is 0 Å². The molecule has 1 N–H and O–H groups in total. The Labute approximate surface area is 97.9 Å². The highest BCUT2D eigenvalue weighted by atomic mass is 79.9. The van der Waals surface area contributed by atoms with Crippen LogP contribution in [0.5, 0.6) is 5.75 Å². The van der Waals surface area contributed by atoms with Gasteiger partial charge in [-0.05, 0) is 23.3 Å². The minimum absolute atomic E-state index is 0.370. The van der Waals surface area contributed by atoms with Gasteiger partial charge in [-0.15, -0.1) is 0 Å². The summed E-state index contributed by atoms with van der Waals surface area (Å²) < 4.78 is 0. The zero-order valence-corrected chi connectivity index (χ0v) is 10.2. The molecule has 2 rings (SSSR count). The third-order valence-corrected chi connectivity index (χ3v) is 2.82. The molecule has 1 unspecified atom stereocenters. The van der Waals surface area contributed by atoms with Gasteiger partial charge in [-0.2, -0.15) is 0 Å². The Kier molecular flexibility index (Phi) is 2.96. The maximum absolute atomic E-state index is 9.84. The molecule has 0 aliphatic carbocycles. The van der Waals surface area contributed by atoms with Gasteiger partial charge in [0.2, 0.25) is 0 Å². The number of hydrogen-bond donors (Lipinski definition) is 1. The summed E-state index contributed by atoms with van der Waals surface area (Å²) in [5.74, 6) is 0.389. The first kappa shape index (κ1) is 10.5. The molecule has 0 bridgehead atoms. The summed E-state index contributed by atoms with van der Waals surface area (Å²) in [6.45, 7) is 2.08. The highest BCUT2D eigenvalue weighted by Crippen LogP contribution is 2.29. The number of phenols is 1. The van der Waals surface area contributed by atoms with Crippen molar-refractivity contribution in [3.05, 3.63) is 42.0 Å². The molecule has 0 radical (unpaired) electrons. The molecule has 15 heavy (non-hydrogen) atoms. The molecule has 0 fully saturated rings. The van der Waals surface area contributed by atoms with E-state index >= 15 is 0 Å². The Bertz CT molecular complexity index is 477. The van der Waals surface area contributed by atoms with Crippen molar-refractivity contribution in [2.24, 2.45) is 0 Å². The topological polar surface area (TPSA) is 20.2 Å². The maximum Gasteiger partial charge on any atom is 0.119 e. The van der Waals surface area contributed by atoms with E-state index in [9.17, 15) is 5.11 Å². The molecule has 78 valence electrons. The first-order valence-electron chi connectivity index (χ1n) is 5.02. The molecule has 0 saturated carbocycles. The lowest BCUT2D eigenvalue weighted by molar-refractivity contribution is 0.469. The van der Waals surface area contributed by atoms with E-state index in [0.717, 1.165) is 17.4 Å². The van der Waals surface area contributed by atoms with Crippen LogP contribution in [0.25, 0.3) is 10.8 Å². The van der Waals surface area contributed by atoms with Crippen molar-refractivity contribution in [1.29, 1.82) is 0 Å². The average Bonchev–Trinajstić information content (AvgIpc) is 2.22. The lowest BCUT2D eigenvalue weighted by Gasteiger charge is -2.10. The lowest BCUT2D eigenvalue weighted by atomic mass is 10.0. The van der Waals surface area contributed by atoms with Crippen LogP contribution in [-0.2, 0) is 6.42 Å². The Morgan fingerprint density at radius 2 is 1.93 bits per heavy atom. The van der Waals surface area contributed by atoms with Crippen molar-refractivity contribution < 1.29 is 5.11 Å². The Morgan fingerprint density at radius 1 is 1.20 bits per heavy atom. The summed E-state index contributed by atoms with van der Waals surface area (Å²) in [5, 5.41) is 12.2. The second-order valence-electron chi connectivity index (χ2n) is 3.77. The largest absolute Gasteiger partial charge is 0.508 e. The SMILES string of the molecule is CC(Br)Cc1c(O)ccc2ccccc12. The first-order chi connectivity index (χ1) is 7.18. The third-order valence-electron chi connectivity index (χ3n) is 2.50. The Hall–Kier alpha value is -1.02. The Balaban J connectivity index is 2.63. The van der Waals surface area contributed by atoms with Crippen LogP contribution in [0.4, 0.5) is 0 Å². The zero-order chi connectivity index (χ0) is 10.8. The first-order valence-corrected chi connectivity index (χ1v) is 5.93. The van der Waals surface area contributed by atoms with Gasteiger partial charge in [0.25, 0.3) is 0 Å². The summed E-state index contributed by atoms with van der Waals surface area (Å²) in [6, 6.07) is 11.9. The molecule has 0 aliphatic heterocycles. The zero-order valence-electron chi connectivity index (χ0n) is 8.57. The molecule has 2 aromatic carbocycles. The van der Waals surface area contributed by atoms with Crippen LogP contribution in [-0.4, -0.2) is 9.93 Å². The number of fused-ring (bicyclic) bond motifs is 1. The molecule has 2 aromatic rings. The summed E-state index contributed by atoms with van der Waals surface area (Å²) in [7, 11) is 0. The molecule has 2 heteroatoms. The van der Waals surface area contributed by atoms with E-state index < -0.39 is 0 Å². The van der Waals surface area contributed by atoms with E-state index in [1.807, 2.05) is 18.2 Å². The minimum Gasteiger partial charge on any atom is -0.508 e. The summed E-state index contributed by atoms with van der Waals surface area (Å²) >= 11 is 3.52. The molecule has 0 amide bonds. The normalized spacial score (nSPS) is 12.9. The van der Waals surface area contributed by atoms with E-state index in [0.29, 0.717) is 10.6 Å². The van der Waals surface area contributed by atoms with E-state index in [-0.39, 0.29) is 0 Å². The predicted octanol–water partition coefficient (Wildman–Crippen LogP) is 3.87. The number of rotatable bonds is 2. The van der Waals surface area contributed by atoms with Crippen LogP contribution in [0.15, 0.2) is 36.4 Å². The highest BCUT2D eigenvalue weighted by Gasteiger charge is 2.08. The summed E-state index contributed by atoms with van der Waals surface area (Å²) in [6.07, 6.45) is 0.840. The number of alkyl halides is 1. The van der Waals surface area contributed by atoms with Gasteiger partial charge in [0.15, 0.2) is 0 Å². The molecule has 1 atom stereocenters. The standard InChI is InChI=1S/C13H13BrO/c1-9(14)8-12-11-5-3-2-4-10(11)6-7-13(12)15/h2-7,9,15H,8H2,1H3. The molecular weight excluding hydrogens is 252 g/mol. The lowest BCUT2D eigenvalue weighted by Crippen LogP contribution is -1.97. The predicted molar refractivity (Wildman–Crippen MR) is 67.7 cm³/mol. The summed E-state index contributed by atoms with van der Waals surface area (Å²) in [4.78, 5) is 0.370. The van der Waals surface area contributed by atoms with Crippen LogP contribution in [0.1, 0.15) is 12.5 Å². The number of aromatic hydroxyl groups is 1. The van der Waals surface area contributed by atoms with Gasteiger partial charge in [0.1, 0.15) is 5.75 Å². The van der Waals surface area contributed by atoms with Crippen molar-refractivity contribution in [3.63, 3.8) is 0 Å². The van der Waals surface area contributed by atoms with E-state index in [1.165, 1.54) is 5.39 Å². The number of hydrogen-bond acceptors (Lipinski definition) is 1. The fourth-order valence-electron chi connectivity index (χ4n) is 1.82. The molecule has 0 aromatic heterocycles. The van der Waals surface area contributed by atoms with Gasteiger partial charge in [-0.25, -0.2) is 0 Å². The molecule has 0 saturated heterocycles. The van der Waals surface area contributed by atoms with Crippen molar-refractivity contribution in [1.82, 2.24) is 0 Å². The van der Waals surface area contributed by atoms with Gasteiger partial charge in [-0.3, -0.25) is 0 Å². The fraction of sp³-hybridized carbons (Fsp3) is 0.231. The molecule has 0 aliphatic rings. The van der Waals surface area contributed by atoms with Crippen molar-refractivity contribution in [3.8, 4) is 5.75 Å². The van der Waals surface area contributed by atoms with Gasteiger partial charge in [0, 0.05) is 10.4 Å². The van der Waals surface area contributed by atoms with Crippen molar-refractivity contribution in [2.75, 3.05) is 0 Å². The second-order valence-corrected chi connectivity index (χ2v) is 5.33. The minimum atomic E-state index is 0.370. The van der Waals surface area contributed by atoms with Gasteiger partial charge >= 0.3 is 0 Å². The van der Waals surface area contributed by atoms with Crippen molar-refractivity contribution >= 4 is 26.7 Å². The second kappa shape index (κ2) is 4.23. The van der Waals surface area contributed by atoms with Gasteiger partial charge in [0.05, 0.1) is 0 Å². The molecular formula is C13H13BrO. The average molecular weight is 265 g/mol. The third kappa shape index (κ3) is 2.15. The van der Waals surface area contributed by atoms with E-state index in [2.05, 4.69) is 35.0 Å². The van der Waals surface area contributed by atoms with Gasteiger partial charge < -0.3 is 5.11 Å². The summed E-state index contributed by atoms with van der Waals surface area (Å²) in [5.41, 5.74) is 1.03. The monoisotopic (exact) mass is 264 g/mol. The number of benzene rings is 2. The van der Waals surface area contributed by atoms with Crippen LogP contribution in [0.2, 0.25) is 0 Å². The highest BCUT2D eigenvalue weighted by molar-refractivity contribution is 9.09. The number of halogens is 1. The molecule has 0 heterocycles. The number of phenolic OH excluding ortho intramolecular Hbond substituents is 1. The van der Waals surface area contributed by atoms with E-state index in [1.54, 1.807) is 6.07 Å². The Morgan fingerprint density at radius 3 is 2.67 bits per heavy atom. The molecule has 0 spiro atoms. The quantitative estimate of drug-likeness (QED) is 0.817.